The number of rotatable bonds is 9. The smallest absolute Gasteiger partial charge is 0.290 e. The van der Waals surface area contributed by atoms with Crippen molar-refractivity contribution in [1.29, 1.82) is 0 Å². The number of carbonyl (C=O) groups is 2. The van der Waals surface area contributed by atoms with Gasteiger partial charge in [-0.3, -0.25) is 9.59 Å². The van der Waals surface area contributed by atoms with Crippen molar-refractivity contribution < 1.29 is 19.1 Å². The van der Waals surface area contributed by atoms with Crippen LogP contribution in [0.1, 0.15) is 48.5 Å². The minimum atomic E-state index is -0.667. The summed E-state index contributed by atoms with van der Waals surface area (Å²) in [6.45, 7) is 9.00. The summed E-state index contributed by atoms with van der Waals surface area (Å²) in [6, 6.07) is 16.2. The molecule has 2 heterocycles. The lowest BCUT2D eigenvalue weighted by Gasteiger charge is -2.29. The van der Waals surface area contributed by atoms with Crippen LogP contribution in [-0.2, 0) is 11.2 Å². The maximum absolute atomic E-state index is 13.6. The summed E-state index contributed by atoms with van der Waals surface area (Å²) in [5.74, 6) is -1.37. The van der Waals surface area contributed by atoms with E-state index >= 15 is 0 Å². The van der Waals surface area contributed by atoms with E-state index < -0.39 is 23.5 Å². The molecule has 0 radical (unpaired) electrons. The standard InChI is InChI=1S/C27H30N2O4/c1-4-18-11-13-19(14-12-18)24-23(25(30)22-17-20-9-7-8-10-21(20)33-22)26(31)27(32)29(24)16-15-28(5-2)6-3/h7-14,17,24,31H,4-6,15-16H2,1-3H3. The highest BCUT2D eigenvalue weighted by molar-refractivity contribution is 6.16. The molecule has 4 rings (SSSR count). The Morgan fingerprint density at radius 2 is 1.76 bits per heavy atom. The molecule has 1 amide bonds. The number of aryl methyl sites for hydroxylation is 1. The van der Waals surface area contributed by atoms with Crippen molar-refractivity contribution in [3.8, 4) is 0 Å². The van der Waals surface area contributed by atoms with E-state index in [9.17, 15) is 14.7 Å². The molecule has 6 nitrogen and oxygen atoms in total. The van der Waals surface area contributed by atoms with E-state index in [-0.39, 0.29) is 11.3 Å². The number of ketones is 1. The number of hydrogen-bond acceptors (Lipinski definition) is 5. The van der Waals surface area contributed by atoms with E-state index in [1.807, 2.05) is 42.5 Å². The summed E-state index contributed by atoms with van der Waals surface area (Å²) < 4.78 is 5.78. The number of aliphatic hydroxyl groups excluding tert-OH is 1. The van der Waals surface area contributed by atoms with Crippen molar-refractivity contribution in [1.82, 2.24) is 9.80 Å². The number of benzene rings is 2. The van der Waals surface area contributed by atoms with E-state index in [0.29, 0.717) is 18.7 Å². The number of aliphatic hydroxyl groups is 1. The minimum Gasteiger partial charge on any atom is -0.503 e. The van der Waals surface area contributed by atoms with Gasteiger partial charge in [0.05, 0.1) is 11.6 Å². The summed E-state index contributed by atoms with van der Waals surface area (Å²) in [7, 11) is 0. The number of furan rings is 1. The number of para-hydroxylation sites is 1. The molecule has 3 aromatic rings. The van der Waals surface area contributed by atoms with Crippen LogP contribution in [0.5, 0.6) is 0 Å². The lowest BCUT2D eigenvalue weighted by atomic mass is 9.94. The monoisotopic (exact) mass is 446 g/mol. The van der Waals surface area contributed by atoms with E-state index in [1.54, 1.807) is 17.0 Å². The Morgan fingerprint density at radius 1 is 1.06 bits per heavy atom. The average molecular weight is 447 g/mol. The van der Waals surface area contributed by atoms with Crippen molar-refractivity contribution in [3.63, 3.8) is 0 Å². The van der Waals surface area contributed by atoms with Gasteiger partial charge in [0.25, 0.3) is 5.91 Å². The van der Waals surface area contributed by atoms with Gasteiger partial charge >= 0.3 is 0 Å². The van der Waals surface area contributed by atoms with Crippen molar-refractivity contribution >= 4 is 22.7 Å². The average Bonchev–Trinajstić information content (AvgIpc) is 3.39. The molecule has 0 saturated carbocycles. The predicted molar refractivity (Wildman–Crippen MR) is 128 cm³/mol. The second-order valence-electron chi connectivity index (χ2n) is 8.26. The molecule has 0 saturated heterocycles. The molecule has 0 bridgehead atoms. The van der Waals surface area contributed by atoms with E-state index in [0.717, 1.165) is 36.0 Å². The van der Waals surface area contributed by atoms with Crippen molar-refractivity contribution in [2.24, 2.45) is 0 Å². The Balaban J connectivity index is 1.74. The molecule has 6 heteroatoms. The number of nitrogens with zero attached hydrogens (tertiary/aromatic N) is 2. The Kier molecular flexibility index (Phi) is 6.65. The van der Waals surface area contributed by atoms with E-state index in [2.05, 4.69) is 25.7 Å². The summed E-state index contributed by atoms with van der Waals surface area (Å²) in [6.07, 6.45) is 0.890. The van der Waals surface area contributed by atoms with Crippen LogP contribution in [0, 0.1) is 0 Å². The zero-order chi connectivity index (χ0) is 23.5. The predicted octanol–water partition coefficient (Wildman–Crippen LogP) is 4.92. The van der Waals surface area contributed by atoms with Gasteiger partial charge in [0, 0.05) is 18.5 Å². The maximum Gasteiger partial charge on any atom is 0.290 e. The van der Waals surface area contributed by atoms with Gasteiger partial charge in [-0.1, -0.05) is 63.2 Å². The highest BCUT2D eigenvalue weighted by Crippen LogP contribution is 2.39. The zero-order valence-corrected chi connectivity index (χ0v) is 19.4. The Labute approximate surface area is 194 Å². The number of Topliss-reactive ketones (excluding diaryl/α,β-unsaturated/α-hetero) is 1. The molecule has 2 aromatic carbocycles. The van der Waals surface area contributed by atoms with Gasteiger partial charge in [0.2, 0.25) is 5.78 Å². The van der Waals surface area contributed by atoms with Crippen molar-refractivity contribution in [3.05, 3.63) is 82.8 Å². The van der Waals surface area contributed by atoms with Crippen LogP contribution in [0.2, 0.25) is 0 Å². The van der Waals surface area contributed by atoms with E-state index in [4.69, 9.17) is 4.42 Å². The van der Waals surface area contributed by atoms with Crippen LogP contribution in [0.3, 0.4) is 0 Å². The first-order valence-electron chi connectivity index (χ1n) is 11.6. The molecule has 0 fully saturated rings. The lowest BCUT2D eigenvalue weighted by molar-refractivity contribution is -0.129. The number of likely N-dealkylation sites (N-methyl/N-ethyl adjacent to an activating group) is 1. The van der Waals surface area contributed by atoms with Crippen LogP contribution >= 0.6 is 0 Å². The molecule has 1 N–H and O–H groups in total. The lowest BCUT2D eigenvalue weighted by Crippen LogP contribution is -2.38. The van der Waals surface area contributed by atoms with Crippen LogP contribution in [0.4, 0.5) is 0 Å². The largest absolute Gasteiger partial charge is 0.503 e. The summed E-state index contributed by atoms with van der Waals surface area (Å²) >= 11 is 0. The maximum atomic E-state index is 13.6. The summed E-state index contributed by atoms with van der Waals surface area (Å²) in [5.41, 5.74) is 2.62. The SMILES string of the molecule is CCc1ccc(C2C(C(=O)c3cc4ccccc4o3)=C(O)C(=O)N2CCN(CC)CC)cc1. The van der Waals surface area contributed by atoms with Crippen molar-refractivity contribution in [2.45, 2.75) is 33.2 Å². The molecule has 1 unspecified atom stereocenters. The molecular weight excluding hydrogens is 416 g/mol. The van der Waals surface area contributed by atoms with Gasteiger partial charge in [-0.15, -0.1) is 0 Å². The highest BCUT2D eigenvalue weighted by Gasteiger charge is 2.44. The fraction of sp³-hybridized carbons (Fsp3) is 0.333. The normalized spacial score (nSPS) is 16.4. The first-order valence-corrected chi connectivity index (χ1v) is 11.6. The van der Waals surface area contributed by atoms with Gasteiger partial charge in [-0.25, -0.2) is 0 Å². The van der Waals surface area contributed by atoms with Gasteiger partial charge < -0.3 is 19.3 Å². The Morgan fingerprint density at radius 3 is 2.39 bits per heavy atom. The molecule has 1 aromatic heterocycles. The molecule has 0 aliphatic carbocycles. The highest BCUT2D eigenvalue weighted by atomic mass is 16.3. The summed E-state index contributed by atoms with van der Waals surface area (Å²) in [4.78, 5) is 30.5. The third kappa shape index (κ3) is 4.31. The Bertz CT molecular complexity index is 1160. The zero-order valence-electron chi connectivity index (χ0n) is 19.4. The molecule has 1 aliphatic heterocycles. The number of fused-ring (bicyclic) bond motifs is 1. The number of carbonyl (C=O) groups excluding carboxylic acids is 2. The molecule has 0 spiro atoms. The van der Waals surface area contributed by atoms with E-state index in [1.165, 1.54) is 0 Å². The first-order chi connectivity index (χ1) is 16.0. The fourth-order valence-corrected chi connectivity index (χ4v) is 4.41. The molecule has 1 atom stereocenters. The number of amides is 1. The van der Waals surface area contributed by atoms with Crippen molar-refractivity contribution in [2.75, 3.05) is 26.2 Å². The first kappa shape index (κ1) is 22.8. The van der Waals surface area contributed by atoms with Gasteiger partial charge in [0.1, 0.15) is 5.58 Å². The fourth-order valence-electron chi connectivity index (χ4n) is 4.41. The quantitative estimate of drug-likeness (QED) is 0.473. The van der Waals surface area contributed by atoms with Gasteiger partial charge in [-0.2, -0.15) is 0 Å². The second-order valence-corrected chi connectivity index (χ2v) is 8.26. The third-order valence-electron chi connectivity index (χ3n) is 6.45. The second kappa shape index (κ2) is 9.63. The molecule has 1 aliphatic rings. The van der Waals surface area contributed by atoms with Crippen LogP contribution in [-0.4, -0.2) is 52.8 Å². The van der Waals surface area contributed by atoms with Crippen LogP contribution in [0.25, 0.3) is 11.0 Å². The van der Waals surface area contributed by atoms with Crippen LogP contribution in [0.15, 0.2) is 70.3 Å². The topological polar surface area (TPSA) is 74.0 Å². The molecule has 33 heavy (non-hydrogen) atoms. The third-order valence-corrected chi connectivity index (χ3v) is 6.45. The summed E-state index contributed by atoms with van der Waals surface area (Å²) in [5, 5.41) is 11.7. The van der Waals surface area contributed by atoms with Crippen LogP contribution < -0.4 is 0 Å². The number of hydrogen-bond donors (Lipinski definition) is 1. The molecular formula is C27H30N2O4. The Hall–Kier alpha value is -3.38. The molecule has 172 valence electrons. The minimum absolute atomic E-state index is 0.0721. The van der Waals surface area contributed by atoms with Gasteiger partial charge in [-0.05, 0) is 42.8 Å². The van der Waals surface area contributed by atoms with Gasteiger partial charge in [0.15, 0.2) is 11.5 Å².